The summed E-state index contributed by atoms with van der Waals surface area (Å²) in [7, 11) is 0. The predicted molar refractivity (Wildman–Crippen MR) is 67.9 cm³/mol. The zero-order valence-electron chi connectivity index (χ0n) is 10.1. The molecule has 0 atom stereocenters. The van der Waals surface area contributed by atoms with Gasteiger partial charge in [0.25, 0.3) is 0 Å². The van der Waals surface area contributed by atoms with Crippen molar-refractivity contribution >= 4 is 0 Å². The molecular formula is C14H24O. The minimum absolute atomic E-state index is 0.240. The van der Waals surface area contributed by atoms with Gasteiger partial charge in [-0.15, -0.1) is 0 Å². The van der Waals surface area contributed by atoms with E-state index in [1.807, 2.05) is 6.92 Å². The van der Waals surface area contributed by atoms with Crippen molar-refractivity contribution in [1.82, 2.24) is 0 Å². The number of unbranched alkanes of at least 4 members (excludes halogenated alkanes) is 1. The number of aliphatic hydroxyl groups is 1. The van der Waals surface area contributed by atoms with Gasteiger partial charge in [0.05, 0.1) is 0 Å². The van der Waals surface area contributed by atoms with Gasteiger partial charge in [-0.2, -0.15) is 0 Å². The normalized spacial score (nSPS) is 12.3. The van der Waals surface area contributed by atoms with Crippen LogP contribution in [0, 0.1) is 0 Å². The van der Waals surface area contributed by atoms with Crippen molar-refractivity contribution in [3.63, 3.8) is 0 Å². The van der Waals surface area contributed by atoms with Crippen LogP contribution in [0.2, 0.25) is 0 Å². The molecule has 1 N–H and O–H groups in total. The summed E-state index contributed by atoms with van der Waals surface area (Å²) in [5.41, 5.74) is 2.52. The molecule has 0 aromatic rings. The summed E-state index contributed by atoms with van der Waals surface area (Å²) in [6, 6.07) is 0. The van der Waals surface area contributed by atoms with E-state index in [1.54, 1.807) is 0 Å². The van der Waals surface area contributed by atoms with Gasteiger partial charge in [-0.05, 0) is 32.6 Å². The molecule has 0 saturated heterocycles. The van der Waals surface area contributed by atoms with Gasteiger partial charge in [-0.1, -0.05) is 49.3 Å². The monoisotopic (exact) mass is 208 g/mol. The fraction of sp³-hybridized carbons (Fsp3) is 0.571. The third-order valence-corrected chi connectivity index (χ3v) is 2.15. The van der Waals surface area contributed by atoms with Crippen molar-refractivity contribution < 1.29 is 5.11 Å². The Labute approximate surface area is 94.2 Å². The lowest BCUT2D eigenvalue weighted by Crippen LogP contribution is -1.84. The van der Waals surface area contributed by atoms with E-state index >= 15 is 0 Å². The van der Waals surface area contributed by atoms with Crippen molar-refractivity contribution in [3.05, 3.63) is 36.0 Å². The van der Waals surface area contributed by atoms with E-state index in [-0.39, 0.29) is 6.61 Å². The van der Waals surface area contributed by atoms with Gasteiger partial charge in [0.2, 0.25) is 0 Å². The Morgan fingerprint density at radius 1 is 1.40 bits per heavy atom. The molecule has 0 aromatic carbocycles. The van der Waals surface area contributed by atoms with Crippen molar-refractivity contribution in [3.8, 4) is 0 Å². The van der Waals surface area contributed by atoms with Crippen molar-refractivity contribution in [2.45, 2.75) is 46.0 Å². The lowest BCUT2D eigenvalue weighted by Gasteiger charge is -2.01. The van der Waals surface area contributed by atoms with Gasteiger partial charge in [-0.3, -0.25) is 0 Å². The molecule has 1 nitrogen and oxygen atoms in total. The molecule has 0 bridgehead atoms. The molecule has 0 spiro atoms. The Balaban J connectivity index is 4.10. The molecule has 0 aromatic heterocycles. The Morgan fingerprint density at radius 3 is 2.67 bits per heavy atom. The molecule has 0 aliphatic rings. The first-order valence-corrected chi connectivity index (χ1v) is 5.81. The SMILES string of the molecule is C=C(C)C/C=C/C(=C\CCO)CCCC. The molecule has 0 fully saturated rings. The Bertz CT molecular complexity index is 223. The van der Waals surface area contributed by atoms with Crippen LogP contribution in [0.25, 0.3) is 0 Å². The fourth-order valence-electron chi connectivity index (χ4n) is 1.30. The van der Waals surface area contributed by atoms with E-state index in [1.165, 1.54) is 24.0 Å². The van der Waals surface area contributed by atoms with Crippen molar-refractivity contribution in [1.29, 1.82) is 0 Å². The largest absolute Gasteiger partial charge is 0.396 e. The molecule has 0 aliphatic carbocycles. The lowest BCUT2D eigenvalue weighted by molar-refractivity contribution is 0.302. The Morgan fingerprint density at radius 2 is 2.13 bits per heavy atom. The van der Waals surface area contributed by atoms with E-state index in [0.29, 0.717) is 0 Å². The van der Waals surface area contributed by atoms with Crippen LogP contribution in [0.3, 0.4) is 0 Å². The van der Waals surface area contributed by atoms with Gasteiger partial charge >= 0.3 is 0 Å². The summed E-state index contributed by atoms with van der Waals surface area (Å²) in [5, 5.41) is 8.77. The predicted octanol–water partition coefficient (Wildman–Crippen LogP) is 4.01. The summed E-state index contributed by atoms with van der Waals surface area (Å²) < 4.78 is 0. The summed E-state index contributed by atoms with van der Waals surface area (Å²) in [6.07, 6.45) is 11.7. The van der Waals surface area contributed by atoms with E-state index in [0.717, 1.165) is 19.3 Å². The summed E-state index contributed by atoms with van der Waals surface area (Å²) in [6.45, 7) is 8.34. The molecule has 15 heavy (non-hydrogen) atoms. The molecule has 0 heterocycles. The number of hydrogen-bond acceptors (Lipinski definition) is 1. The molecule has 0 rings (SSSR count). The highest BCUT2D eigenvalue weighted by molar-refractivity contribution is 5.19. The molecule has 1 heteroatoms. The van der Waals surface area contributed by atoms with Crippen LogP contribution in [-0.2, 0) is 0 Å². The van der Waals surface area contributed by atoms with Crippen LogP contribution < -0.4 is 0 Å². The first kappa shape index (κ1) is 14.2. The van der Waals surface area contributed by atoms with Crippen LogP contribution in [0.1, 0.15) is 46.0 Å². The maximum Gasteiger partial charge on any atom is 0.0465 e. The minimum Gasteiger partial charge on any atom is -0.396 e. The summed E-state index contributed by atoms with van der Waals surface area (Å²) >= 11 is 0. The molecular weight excluding hydrogens is 184 g/mol. The van der Waals surface area contributed by atoms with Gasteiger partial charge in [0.15, 0.2) is 0 Å². The highest BCUT2D eigenvalue weighted by atomic mass is 16.2. The second-order valence-corrected chi connectivity index (χ2v) is 3.96. The number of rotatable bonds is 8. The highest BCUT2D eigenvalue weighted by Crippen LogP contribution is 2.11. The van der Waals surface area contributed by atoms with Crippen LogP contribution >= 0.6 is 0 Å². The first-order chi connectivity index (χ1) is 7.20. The van der Waals surface area contributed by atoms with Crippen molar-refractivity contribution in [2.24, 2.45) is 0 Å². The average molecular weight is 208 g/mol. The smallest absolute Gasteiger partial charge is 0.0465 e. The summed E-state index contributed by atoms with van der Waals surface area (Å²) in [5.74, 6) is 0. The maximum absolute atomic E-state index is 8.77. The second-order valence-electron chi connectivity index (χ2n) is 3.96. The quantitative estimate of drug-likeness (QED) is 0.472. The molecule has 0 saturated carbocycles. The molecule has 0 unspecified atom stereocenters. The molecule has 0 radical (unpaired) electrons. The molecule has 0 aliphatic heterocycles. The van der Waals surface area contributed by atoms with E-state index in [4.69, 9.17) is 5.11 Å². The van der Waals surface area contributed by atoms with E-state index in [2.05, 4.69) is 31.7 Å². The highest BCUT2D eigenvalue weighted by Gasteiger charge is 1.92. The van der Waals surface area contributed by atoms with Gasteiger partial charge in [0.1, 0.15) is 0 Å². The van der Waals surface area contributed by atoms with Crippen LogP contribution in [0.15, 0.2) is 36.0 Å². The number of aliphatic hydroxyl groups excluding tert-OH is 1. The number of hydrogen-bond donors (Lipinski definition) is 1. The van der Waals surface area contributed by atoms with Gasteiger partial charge in [-0.25, -0.2) is 0 Å². The molecule has 86 valence electrons. The van der Waals surface area contributed by atoms with Crippen LogP contribution in [0.4, 0.5) is 0 Å². The van der Waals surface area contributed by atoms with E-state index < -0.39 is 0 Å². The summed E-state index contributed by atoms with van der Waals surface area (Å²) in [4.78, 5) is 0. The van der Waals surface area contributed by atoms with Crippen molar-refractivity contribution in [2.75, 3.05) is 6.61 Å². The zero-order chi connectivity index (χ0) is 11.5. The second kappa shape index (κ2) is 9.72. The van der Waals surface area contributed by atoms with Crippen LogP contribution in [-0.4, -0.2) is 11.7 Å². The van der Waals surface area contributed by atoms with Crippen LogP contribution in [0.5, 0.6) is 0 Å². The topological polar surface area (TPSA) is 20.2 Å². The average Bonchev–Trinajstić information content (AvgIpc) is 2.20. The Hall–Kier alpha value is -0.820. The lowest BCUT2D eigenvalue weighted by atomic mass is 10.1. The zero-order valence-corrected chi connectivity index (χ0v) is 10.1. The fourth-order valence-corrected chi connectivity index (χ4v) is 1.30. The molecule has 0 amide bonds. The standard InChI is InChI=1S/C14H24O/c1-4-5-9-14(11-7-12-15)10-6-8-13(2)3/h6,10-11,15H,2,4-5,7-9,12H2,1,3H3/b10-6+,14-11-. The maximum atomic E-state index is 8.77. The number of allylic oxidation sites excluding steroid dienone is 4. The third kappa shape index (κ3) is 9.48. The third-order valence-electron chi connectivity index (χ3n) is 2.15. The van der Waals surface area contributed by atoms with Gasteiger partial charge < -0.3 is 5.11 Å². The minimum atomic E-state index is 0.240. The van der Waals surface area contributed by atoms with Gasteiger partial charge in [0, 0.05) is 6.61 Å². The van der Waals surface area contributed by atoms with E-state index in [9.17, 15) is 0 Å². The Kier molecular flexibility index (Phi) is 9.19. The first-order valence-electron chi connectivity index (χ1n) is 5.81.